The van der Waals surface area contributed by atoms with Gasteiger partial charge in [0, 0.05) is 17.8 Å². The Bertz CT molecular complexity index is 469. The summed E-state index contributed by atoms with van der Waals surface area (Å²) in [5.41, 5.74) is 0.731. The van der Waals surface area contributed by atoms with E-state index in [1.165, 1.54) is 0 Å². The summed E-state index contributed by atoms with van der Waals surface area (Å²) in [6.07, 6.45) is 3.00. The Balaban J connectivity index is 2.47. The third kappa shape index (κ3) is 4.84. The second kappa shape index (κ2) is 6.50. The fraction of sp³-hybridized carbons (Fsp3) is 0.600. The van der Waals surface area contributed by atoms with Gasteiger partial charge in [0.15, 0.2) is 0 Å². The first-order valence-electron chi connectivity index (χ1n) is 5.59. The van der Waals surface area contributed by atoms with E-state index in [1.807, 2.05) is 0 Å². The Morgan fingerprint density at radius 3 is 2.89 bits per heavy atom. The summed E-state index contributed by atoms with van der Waals surface area (Å²) in [5.74, 6) is -0.799. The summed E-state index contributed by atoms with van der Waals surface area (Å²) in [5, 5.41) is 6.34. The van der Waals surface area contributed by atoms with Gasteiger partial charge in [-0.2, -0.15) is 5.10 Å². The van der Waals surface area contributed by atoms with Gasteiger partial charge in [0.05, 0.1) is 25.0 Å². The van der Waals surface area contributed by atoms with Crippen LogP contribution in [0.5, 0.6) is 0 Å². The van der Waals surface area contributed by atoms with E-state index in [2.05, 4.69) is 19.7 Å². The van der Waals surface area contributed by atoms with Gasteiger partial charge in [-0.15, -0.1) is 0 Å². The Labute approximate surface area is 106 Å². The fourth-order valence-corrected chi connectivity index (χ4v) is 2.57. The lowest BCUT2D eigenvalue weighted by Crippen LogP contribution is -2.30. The molecule has 1 heterocycles. The van der Waals surface area contributed by atoms with Crippen LogP contribution < -0.4 is 4.72 Å². The number of ether oxygens (including phenoxy) is 1. The van der Waals surface area contributed by atoms with Crippen LogP contribution >= 0.6 is 0 Å². The molecule has 1 rings (SSSR count). The first-order chi connectivity index (χ1) is 8.44. The van der Waals surface area contributed by atoms with Gasteiger partial charge in [0.1, 0.15) is 0 Å². The second-order valence-corrected chi connectivity index (χ2v) is 5.62. The summed E-state index contributed by atoms with van der Waals surface area (Å²) in [6.45, 7) is 3.62. The van der Waals surface area contributed by atoms with Crippen LogP contribution in [0.4, 0.5) is 0 Å². The van der Waals surface area contributed by atoms with E-state index >= 15 is 0 Å². The minimum Gasteiger partial charge on any atom is -0.466 e. The highest BCUT2D eigenvalue weighted by Crippen LogP contribution is 2.10. The van der Waals surface area contributed by atoms with Crippen molar-refractivity contribution in [3.63, 3.8) is 0 Å². The van der Waals surface area contributed by atoms with E-state index in [0.29, 0.717) is 0 Å². The maximum absolute atomic E-state index is 11.7. The van der Waals surface area contributed by atoms with Crippen molar-refractivity contribution >= 4 is 16.0 Å². The molecule has 7 nitrogen and oxygen atoms in total. The topological polar surface area (TPSA) is 101 Å². The molecule has 2 N–H and O–H groups in total. The molecule has 0 bridgehead atoms. The highest BCUT2D eigenvalue weighted by atomic mass is 32.2. The predicted molar refractivity (Wildman–Crippen MR) is 65.2 cm³/mol. The summed E-state index contributed by atoms with van der Waals surface area (Å²) >= 11 is 0. The summed E-state index contributed by atoms with van der Waals surface area (Å²) < 4.78 is 30.5. The number of hydrogen-bond acceptors (Lipinski definition) is 5. The molecule has 1 unspecified atom stereocenters. The van der Waals surface area contributed by atoms with Crippen LogP contribution in [0.2, 0.25) is 0 Å². The van der Waals surface area contributed by atoms with E-state index < -0.39 is 22.0 Å². The number of carbonyl (C=O) groups excluding carboxylic acids is 1. The lowest BCUT2D eigenvalue weighted by atomic mass is 10.2. The molecule has 0 aliphatic heterocycles. The fourth-order valence-electron chi connectivity index (χ4n) is 1.34. The smallest absolute Gasteiger partial charge is 0.306 e. The van der Waals surface area contributed by atoms with E-state index in [-0.39, 0.29) is 18.8 Å². The molecule has 0 aliphatic carbocycles. The molecule has 18 heavy (non-hydrogen) atoms. The van der Waals surface area contributed by atoms with Gasteiger partial charge in [0.25, 0.3) is 0 Å². The maximum Gasteiger partial charge on any atom is 0.306 e. The SMILES string of the molecule is CCOC(=O)CCS(=O)(=O)NC(C)c1cn[nH]c1. The number of nitrogens with zero attached hydrogens (tertiary/aromatic N) is 1. The van der Waals surface area contributed by atoms with Gasteiger partial charge in [0.2, 0.25) is 10.0 Å². The van der Waals surface area contributed by atoms with E-state index in [9.17, 15) is 13.2 Å². The summed E-state index contributed by atoms with van der Waals surface area (Å²) in [4.78, 5) is 11.1. The van der Waals surface area contributed by atoms with Gasteiger partial charge in [-0.25, -0.2) is 13.1 Å². The minimum atomic E-state index is -3.51. The highest BCUT2D eigenvalue weighted by molar-refractivity contribution is 7.89. The third-order valence-electron chi connectivity index (χ3n) is 2.26. The first-order valence-corrected chi connectivity index (χ1v) is 7.24. The first kappa shape index (κ1) is 14.7. The monoisotopic (exact) mass is 275 g/mol. The Morgan fingerprint density at radius 1 is 1.61 bits per heavy atom. The molecular formula is C10H17N3O4S. The average molecular weight is 275 g/mol. The Hall–Kier alpha value is -1.41. The number of H-pyrrole nitrogens is 1. The van der Waals surface area contributed by atoms with Crippen molar-refractivity contribution in [2.45, 2.75) is 26.3 Å². The van der Waals surface area contributed by atoms with Gasteiger partial charge >= 0.3 is 5.97 Å². The van der Waals surface area contributed by atoms with Gasteiger partial charge < -0.3 is 4.74 Å². The van der Waals surface area contributed by atoms with E-state index in [1.54, 1.807) is 26.2 Å². The van der Waals surface area contributed by atoms with Gasteiger partial charge in [-0.3, -0.25) is 9.89 Å². The second-order valence-electron chi connectivity index (χ2n) is 3.75. The Kier molecular flexibility index (Phi) is 5.29. The molecule has 0 amide bonds. The maximum atomic E-state index is 11.7. The van der Waals surface area contributed by atoms with Crippen molar-refractivity contribution < 1.29 is 17.9 Å². The molecule has 1 aromatic heterocycles. The van der Waals surface area contributed by atoms with E-state index in [0.717, 1.165) is 5.56 Å². The molecule has 8 heteroatoms. The van der Waals surface area contributed by atoms with Crippen LogP contribution in [-0.2, 0) is 19.6 Å². The summed E-state index contributed by atoms with van der Waals surface area (Å²) in [6, 6.07) is -0.393. The predicted octanol–water partition coefficient (Wildman–Crippen LogP) is 0.343. The van der Waals surface area contributed by atoms with Crippen LogP contribution in [-0.4, -0.2) is 36.9 Å². The number of rotatable bonds is 7. The van der Waals surface area contributed by atoms with Crippen LogP contribution in [0.15, 0.2) is 12.4 Å². The zero-order valence-corrected chi connectivity index (χ0v) is 11.2. The molecule has 0 fully saturated rings. The minimum absolute atomic E-state index is 0.152. The van der Waals surface area contributed by atoms with Crippen LogP contribution in [0.1, 0.15) is 31.9 Å². The Morgan fingerprint density at radius 2 is 2.33 bits per heavy atom. The largest absolute Gasteiger partial charge is 0.466 e. The number of sulfonamides is 1. The molecule has 0 spiro atoms. The zero-order valence-electron chi connectivity index (χ0n) is 10.3. The molecule has 0 saturated heterocycles. The highest BCUT2D eigenvalue weighted by Gasteiger charge is 2.18. The van der Waals surface area contributed by atoms with Crippen molar-refractivity contribution in [2.24, 2.45) is 0 Å². The molecule has 102 valence electrons. The molecule has 1 aromatic rings. The molecule has 0 aliphatic rings. The number of carbonyl (C=O) groups is 1. The average Bonchev–Trinajstić information content (AvgIpc) is 2.80. The van der Waals surface area contributed by atoms with Crippen molar-refractivity contribution in [3.05, 3.63) is 18.0 Å². The number of esters is 1. The standard InChI is InChI=1S/C10H17N3O4S/c1-3-17-10(14)4-5-18(15,16)13-8(2)9-6-11-12-7-9/h6-8,13H,3-5H2,1-2H3,(H,11,12). The van der Waals surface area contributed by atoms with Crippen molar-refractivity contribution in [3.8, 4) is 0 Å². The quantitative estimate of drug-likeness (QED) is 0.699. The molecule has 0 radical (unpaired) electrons. The van der Waals surface area contributed by atoms with E-state index in [4.69, 9.17) is 0 Å². The van der Waals surface area contributed by atoms with Gasteiger partial charge in [-0.05, 0) is 13.8 Å². The van der Waals surface area contributed by atoms with Crippen molar-refractivity contribution in [2.75, 3.05) is 12.4 Å². The normalized spacial score (nSPS) is 13.2. The van der Waals surface area contributed by atoms with Crippen LogP contribution in [0.25, 0.3) is 0 Å². The molecule has 0 aromatic carbocycles. The number of aromatic amines is 1. The molecule has 1 atom stereocenters. The molecule has 0 saturated carbocycles. The van der Waals surface area contributed by atoms with Crippen molar-refractivity contribution in [1.29, 1.82) is 0 Å². The van der Waals surface area contributed by atoms with Gasteiger partial charge in [-0.1, -0.05) is 0 Å². The lowest BCUT2D eigenvalue weighted by Gasteiger charge is -2.12. The van der Waals surface area contributed by atoms with Crippen LogP contribution in [0, 0.1) is 0 Å². The number of hydrogen-bond donors (Lipinski definition) is 2. The third-order valence-corrected chi connectivity index (χ3v) is 3.71. The number of aromatic nitrogens is 2. The molecular weight excluding hydrogens is 258 g/mol. The van der Waals surface area contributed by atoms with Crippen molar-refractivity contribution in [1.82, 2.24) is 14.9 Å². The summed E-state index contributed by atoms with van der Waals surface area (Å²) in [7, 11) is -3.51. The van der Waals surface area contributed by atoms with Crippen LogP contribution in [0.3, 0.4) is 0 Å². The number of nitrogens with one attached hydrogen (secondary N) is 2. The zero-order chi connectivity index (χ0) is 13.6. The lowest BCUT2D eigenvalue weighted by molar-refractivity contribution is -0.142.